The van der Waals surface area contributed by atoms with E-state index in [4.69, 9.17) is 0 Å². The molecule has 4 heteroatoms. The second-order valence-electron chi connectivity index (χ2n) is 5.89. The SMILES string of the molecule is CN1CCN([C@@H]2c3ccccc3CSc3sccc32)CC1. The maximum atomic E-state index is 2.68. The molecule has 0 unspecified atom stereocenters. The van der Waals surface area contributed by atoms with E-state index in [1.165, 1.54) is 34.0 Å². The lowest BCUT2D eigenvalue weighted by atomic mass is 9.95. The van der Waals surface area contributed by atoms with Gasteiger partial charge >= 0.3 is 0 Å². The van der Waals surface area contributed by atoms with Crippen LogP contribution in [0.25, 0.3) is 0 Å². The number of hydrogen-bond donors (Lipinski definition) is 0. The first-order valence-corrected chi connectivity index (χ1v) is 9.40. The fraction of sp³-hybridized carbons (Fsp3) is 0.412. The molecule has 0 aliphatic carbocycles. The lowest BCUT2D eigenvalue weighted by molar-refractivity contribution is 0.126. The van der Waals surface area contributed by atoms with Crippen LogP contribution in [0.2, 0.25) is 0 Å². The van der Waals surface area contributed by atoms with E-state index in [1.807, 2.05) is 23.1 Å². The van der Waals surface area contributed by atoms with E-state index in [2.05, 4.69) is 52.6 Å². The van der Waals surface area contributed by atoms with Gasteiger partial charge in [-0.15, -0.1) is 23.1 Å². The minimum atomic E-state index is 0.450. The molecule has 2 aliphatic rings. The number of fused-ring (bicyclic) bond motifs is 2. The summed E-state index contributed by atoms with van der Waals surface area (Å²) in [6, 6.07) is 11.8. The first kappa shape index (κ1) is 13.8. The Hall–Kier alpha value is -0.810. The molecule has 1 atom stereocenters. The number of piperazine rings is 1. The highest BCUT2D eigenvalue weighted by Crippen LogP contribution is 2.44. The monoisotopic (exact) mass is 316 g/mol. The maximum Gasteiger partial charge on any atom is 0.0653 e. The number of nitrogens with zero attached hydrogens (tertiary/aromatic N) is 2. The zero-order valence-corrected chi connectivity index (χ0v) is 13.9. The maximum absolute atomic E-state index is 2.68. The van der Waals surface area contributed by atoms with E-state index in [9.17, 15) is 0 Å². The summed E-state index contributed by atoms with van der Waals surface area (Å²) < 4.78 is 1.51. The molecular weight excluding hydrogens is 296 g/mol. The highest BCUT2D eigenvalue weighted by Gasteiger charge is 2.31. The van der Waals surface area contributed by atoms with Crippen molar-refractivity contribution in [2.45, 2.75) is 16.0 Å². The molecule has 110 valence electrons. The molecule has 0 saturated carbocycles. The van der Waals surface area contributed by atoms with Crippen LogP contribution in [0.4, 0.5) is 0 Å². The van der Waals surface area contributed by atoms with E-state index in [-0.39, 0.29) is 0 Å². The molecule has 2 aliphatic heterocycles. The molecule has 0 amide bonds. The van der Waals surface area contributed by atoms with Gasteiger partial charge in [-0.2, -0.15) is 0 Å². The average molecular weight is 316 g/mol. The van der Waals surface area contributed by atoms with Crippen molar-refractivity contribution < 1.29 is 0 Å². The Morgan fingerprint density at radius 2 is 1.81 bits per heavy atom. The van der Waals surface area contributed by atoms with Gasteiger partial charge < -0.3 is 4.90 Å². The number of thioether (sulfide) groups is 1. The van der Waals surface area contributed by atoms with Crippen LogP contribution in [0.1, 0.15) is 22.7 Å². The molecule has 4 rings (SSSR count). The third kappa shape index (κ3) is 2.55. The van der Waals surface area contributed by atoms with E-state index >= 15 is 0 Å². The largest absolute Gasteiger partial charge is 0.304 e. The zero-order valence-electron chi connectivity index (χ0n) is 12.3. The van der Waals surface area contributed by atoms with Crippen molar-refractivity contribution in [1.29, 1.82) is 0 Å². The van der Waals surface area contributed by atoms with Gasteiger partial charge in [0, 0.05) is 31.9 Å². The third-order valence-electron chi connectivity index (χ3n) is 4.56. The second kappa shape index (κ2) is 5.76. The molecule has 1 aromatic carbocycles. The average Bonchev–Trinajstić information content (AvgIpc) is 2.91. The van der Waals surface area contributed by atoms with E-state index in [0.29, 0.717) is 6.04 Å². The first-order valence-electron chi connectivity index (χ1n) is 7.53. The minimum absolute atomic E-state index is 0.450. The van der Waals surface area contributed by atoms with Crippen LogP contribution in [-0.2, 0) is 5.75 Å². The van der Waals surface area contributed by atoms with Crippen molar-refractivity contribution in [3.63, 3.8) is 0 Å². The van der Waals surface area contributed by atoms with Crippen molar-refractivity contribution in [3.8, 4) is 0 Å². The van der Waals surface area contributed by atoms with Gasteiger partial charge in [0.05, 0.1) is 10.3 Å². The molecule has 2 nitrogen and oxygen atoms in total. The Kier molecular flexibility index (Phi) is 3.79. The van der Waals surface area contributed by atoms with Crippen LogP contribution in [0.5, 0.6) is 0 Å². The first-order chi connectivity index (χ1) is 10.3. The summed E-state index contributed by atoms with van der Waals surface area (Å²) >= 11 is 3.91. The van der Waals surface area contributed by atoms with Gasteiger partial charge in [0.15, 0.2) is 0 Å². The fourth-order valence-electron chi connectivity index (χ4n) is 3.34. The Morgan fingerprint density at radius 3 is 2.67 bits per heavy atom. The smallest absolute Gasteiger partial charge is 0.0653 e. The number of hydrogen-bond acceptors (Lipinski definition) is 4. The Bertz CT molecular complexity index is 629. The van der Waals surface area contributed by atoms with Crippen LogP contribution in [0.3, 0.4) is 0 Å². The molecule has 0 N–H and O–H groups in total. The molecule has 0 spiro atoms. The third-order valence-corrected chi connectivity index (χ3v) is 6.88. The number of rotatable bonds is 1. The Labute approximate surface area is 134 Å². The topological polar surface area (TPSA) is 6.48 Å². The molecule has 21 heavy (non-hydrogen) atoms. The van der Waals surface area contributed by atoms with E-state index in [0.717, 1.165) is 18.8 Å². The predicted molar refractivity (Wildman–Crippen MR) is 91.2 cm³/mol. The molecule has 1 aromatic heterocycles. The minimum Gasteiger partial charge on any atom is -0.304 e. The summed E-state index contributed by atoms with van der Waals surface area (Å²) in [5.74, 6) is 1.11. The van der Waals surface area contributed by atoms with Crippen LogP contribution in [0, 0.1) is 0 Å². The van der Waals surface area contributed by atoms with E-state index < -0.39 is 0 Å². The lowest BCUT2D eigenvalue weighted by Gasteiger charge is -2.38. The van der Waals surface area contributed by atoms with Crippen LogP contribution in [0.15, 0.2) is 39.9 Å². The van der Waals surface area contributed by atoms with Gasteiger partial charge in [-0.1, -0.05) is 24.3 Å². The van der Waals surface area contributed by atoms with Crippen molar-refractivity contribution in [3.05, 3.63) is 52.4 Å². The standard InChI is InChI=1S/C17H20N2S2/c1-18-7-9-19(10-8-18)16-14-5-3-2-4-13(14)12-21-17-15(16)6-11-20-17/h2-6,11,16H,7-10,12H2,1H3/t16-/m1/s1. The summed E-state index contributed by atoms with van der Waals surface area (Å²) in [7, 11) is 2.23. The molecule has 2 aromatic rings. The zero-order chi connectivity index (χ0) is 14.2. The summed E-state index contributed by atoms with van der Waals surface area (Å²) in [6.45, 7) is 4.67. The van der Waals surface area contributed by atoms with Crippen molar-refractivity contribution in [1.82, 2.24) is 9.80 Å². The lowest BCUT2D eigenvalue weighted by Crippen LogP contribution is -2.46. The quantitative estimate of drug-likeness (QED) is 0.792. The Morgan fingerprint density at radius 1 is 1.00 bits per heavy atom. The highest BCUT2D eigenvalue weighted by atomic mass is 32.2. The number of benzene rings is 1. The van der Waals surface area contributed by atoms with Crippen LogP contribution < -0.4 is 0 Å². The molecule has 0 bridgehead atoms. The molecular formula is C17H20N2S2. The molecule has 3 heterocycles. The predicted octanol–water partition coefficient (Wildman–Crippen LogP) is 3.69. The molecule has 1 saturated heterocycles. The van der Waals surface area contributed by atoms with Crippen molar-refractivity contribution in [2.75, 3.05) is 33.2 Å². The van der Waals surface area contributed by atoms with Gasteiger partial charge in [0.1, 0.15) is 0 Å². The summed E-state index contributed by atoms with van der Waals surface area (Å²) in [4.78, 5) is 5.11. The molecule has 1 fully saturated rings. The van der Waals surface area contributed by atoms with Gasteiger partial charge in [-0.3, -0.25) is 4.90 Å². The van der Waals surface area contributed by atoms with Crippen LogP contribution in [-0.4, -0.2) is 43.0 Å². The van der Waals surface area contributed by atoms with Gasteiger partial charge in [-0.25, -0.2) is 0 Å². The normalized spacial score (nSPS) is 23.4. The molecule has 0 radical (unpaired) electrons. The van der Waals surface area contributed by atoms with Crippen molar-refractivity contribution in [2.24, 2.45) is 0 Å². The van der Waals surface area contributed by atoms with E-state index in [1.54, 1.807) is 0 Å². The summed E-state index contributed by atoms with van der Waals surface area (Å²) in [6.07, 6.45) is 0. The van der Waals surface area contributed by atoms with Crippen LogP contribution >= 0.6 is 23.1 Å². The van der Waals surface area contributed by atoms with Gasteiger partial charge in [0.2, 0.25) is 0 Å². The van der Waals surface area contributed by atoms with Gasteiger partial charge in [0.25, 0.3) is 0 Å². The number of likely N-dealkylation sites (N-methyl/N-ethyl adjacent to an activating group) is 1. The summed E-state index contributed by atoms with van der Waals surface area (Å²) in [5.41, 5.74) is 4.56. The Balaban J connectivity index is 1.78. The number of thiophene rings is 1. The van der Waals surface area contributed by atoms with Gasteiger partial charge in [-0.05, 0) is 35.2 Å². The summed E-state index contributed by atoms with van der Waals surface area (Å²) in [5, 5.41) is 2.26. The highest BCUT2D eigenvalue weighted by molar-refractivity contribution is 8.00. The fourth-order valence-corrected chi connectivity index (χ4v) is 5.51. The second-order valence-corrected chi connectivity index (χ2v) is 8.05. The van der Waals surface area contributed by atoms with Crippen molar-refractivity contribution >= 4 is 23.1 Å².